The lowest BCUT2D eigenvalue weighted by Gasteiger charge is -2.37. The highest BCUT2D eigenvalue weighted by Gasteiger charge is 2.36. The van der Waals surface area contributed by atoms with E-state index in [9.17, 15) is 4.79 Å². The molecule has 26 heavy (non-hydrogen) atoms. The average molecular weight is 357 g/mol. The van der Waals surface area contributed by atoms with E-state index >= 15 is 0 Å². The van der Waals surface area contributed by atoms with Gasteiger partial charge in [0.15, 0.2) is 0 Å². The molecule has 0 radical (unpaired) electrons. The lowest BCUT2D eigenvalue weighted by molar-refractivity contribution is -0.141. The minimum atomic E-state index is -0.736. The predicted octanol–water partition coefficient (Wildman–Crippen LogP) is 1.35. The maximum atomic E-state index is 13.1. The van der Waals surface area contributed by atoms with Gasteiger partial charge in [-0.3, -0.25) is 9.78 Å². The van der Waals surface area contributed by atoms with E-state index in [1.165, 1.54) is 6.33 Å². The molecule has 3 heterocycles. The average Bonchev–Trinajstić information content (AvgIpc) is 3.17. The molecule has 1 amide bonds. The van der Waals surface area contributed by atoms with Crippen molar-refractivity contribution in [2.24, 2.45) is 5.92 Å². The molecule has 0 spiro atoms. The number of hydrogen-bond acceptors (Lipinski definition) is 6. The summed E-state index contributed by atoms with van der Waals surface area (Å²) < 4.78 is 1.63. The number of anilines is 1. The lowest BCUT2D eigenvalue weighted by Crippen LogP contribution is -2.50. The molecule has 0 unspecified atom stereocenters. The van der Waals surface area contributed by atoms with Crippen molar-refractivity contribution in [1.29, 1.82) is 0 Å². The molecule has 2 aromatic heterocycles. The summed E-state index contributed by atoms with van der Waals surface area (Å²) in [6.07, 6.45) is 9.44. The Bertz CT molecular complexity index is 742. The number of nitrogens with zero attached hydrogens (tertiary/aromatic N) is 7. The molecule has 0 bridgehead atoms. The number of hydrogen-bond donors (Lipinski definition) is 0. The van der Waals surface area contributed by atoms with Crippen LogP contribution in [-0.2, 0) is 16.8 Å². The zero-order chi connectivity index (χ0) is 18.7. The molecule has 2 aromatic rings. The zero-order valence-corrected chi connectivity index (χ0v) is 16.0. The van der Waals surface area contributed by atoms with E-state index in [1.807, 2.05) is 37.7 Å². The van der Waals surface area contributed by atoms with Crippen LogP contribution in [0.2, 0.25) is 0 Å². The first-order valence-corrected chi connectivity index (χ1v) is 9.01. The van der Waals surface area contributed by atoms with Gasteiger partial charge in [0, 0.05) is 39.6 Å². The van der Waals surface area contributed by atoms with Crippen molar-refractivity contribution in [2.45, 2.75) is 38.6 Å². The van der Waals surface area contributed by atoms with Crippen molar-refractivity contribution in [3.05, 3.63) is 30.7 Å². The fraction of sp³-hybridized carbons (Fsp3) is 0.611. The van der Waals surface area contributed by atoms with Crippen LogP contribution in [0.25, 0.3) is 0 Å². The molecule has 1 saturated heterocycles. The monoisotopic (exact) mass is 357 g/mol. The Morgan fingerprint density at radius 2 is 2.08 bits per heavy atom. The highest BCUT2D eigenvalue weighted by Crippen LogP contribution is 2.26. The first kappa shape index (κ1) is 18.3. The van der Waals surface area contributed by atoms with E-state index < -0.39 is 5.54 Å². The van der Waals surface area contributed by atoms with E-state index in [-0.39, 0.29) is 5.91 Å². The van der Waals surface area contributed by atoms with Crippen molar-refractivity contribution < 1.29 is 4.79 Å². The number of likely N-dealkylation sites (tertiary alicyclic amines) is 1. The number of carbonyl (C=O) groups is 1. The van der Waals surface area contributed by atoms with Gasteiger partial charge in [-0.2, -0.15) is 5.10 Å². The first-order chi connectivity index (χ1) is 12.4. The normalized spacial score (nSPS) is 18.0. The third kappa shape index (κ3) is 3.68. The molecule has 0 N–H and O–H groups in total. The summed E-state index contributed by atoms with van der Waals surface area (Å²) in [6, 6.07) is 0. The molecule has 1 aliphatic rings. The highest BCUT2D eigenvalue weighted by atomic mass is 16.2. The highest BCUT2D eigenvalue weighted by molar-refractivity contribution is 5.83. The summed E-state index contributed by atoms with van der Waals surface area (Å²) in [6.45, 7) is 5.30. The molecule has 0 aromatic carbocycles. The van der Waals surface area contributed by atoms with Crippen molar-refractivity contribution in [3.63, 3.8) is 0 Å². The fourth-order valence-corrected chi connectivity index (χ4v) is 3.55. The van der Waals surface area contributed by atoms with Crippen molar-refractivity contribution in [3.8, 4) is 0 Å². The SMILES string of the molecule is CN(C)c1nccnc1C[C@H]1CCCN(C(=O)C(C)(C)n2cncn2)C1. The van der Waals surface area contributed by atoms with E-state index in [1.54, 1.807) is 23.4 Å². The van der Waals surface area contributed by atoms with Gasteiger partial charge in [-0.05, 0) is 39.0 Å². The Kier molecular flexibility index (Phi) is 5.20. The summed E-state index contributed by atoms with van der Waals surface area (Å²) in [7, 11) is 3.95. The summed E-state index contributed by atoms with van der Waals surface area (Å²) in [5.74, 6) is 1.37. The van der Waals surface area contributed by atoms with E-state index in [4.69, 9.17) is 0 Å². The zero-order valence-electron chi connectivity index (χ0n) is 16.0. The second-order valence-electron chi connectivity index (χ2n) is 7.58. The van der Waals surface area contributed by atoms with Gasteiger partial charge in [0.2, 0.25) is 5.91 Å². The fourth-order valence-electron chi connectivity index (χ4n) is 3.55. The first-order valence-electron chi connectivity index (χ1n) is 9.01. The molecule has 1 atom stereocenters. The number of aromatic nitrogens is 5. The smallest absolute Gasteiger partial charge is 0.250 e. The van der Waals surface area contributed by atoms with Crippen LogP contribution in [0.4, 0.5) is 5.82 Å². The van der Waals surface area contributed by atoms with Crippen LogP contribution in [0.3, 0.4) is 0 Å². The minimum Gasteiger partial charge on any atom is -0.361 e. The topological polar surface area (TPSA) is 80.0 Å². The quantitative estimate of drug-likeness (QED) is 0.804. The molecule has 0 aliphatic carbocycles. The van der Waals surface area contributed by atoms with Gasteiger partial charge in [0.25, 0.3) is 0 Å². The molecule has 0 saturated carbocycles. The van der Waals surface area contributed by atoms with E-state index in [0.717, 1.165) is 43.9 Å². The summed E-state index contributed by atoms with van der Waals surface area (Å²) >= 11 is 0. The molecule has 1 fully saturated rings. The summed E-state index contributed by atoms with van der Waals surface area (Å²) in [4.78, 5) is 30.0. The Morgan fingerprint density at radius 3 is 2.77 bits per heavy atom. The maximum Gasteiger partial charge on any atom is 0.250 e. The van der Waals surface area contributed by atoms with Crippen molar-refractivity contribution >= 4 is 11.7 Å². The number of carbonyl (C=O) groups excluding carboxylic acids is 1. The van der Waals surface area contributed by atoms with E-state index in [2.05, 4.69) is 20.1 Å². The lowest BCUT2D eigenvalue weighted by atomic mass is 9.91. The summed E-state index contributed by atoms with van der Waals surface area (Å²) in [5.41, 5.74) is 0.257. The van der Waals surface area contributed by atoms with Crippen molar-refractivity contribution in [1.82, 2.24) is 29.6 Å². The van der Waals surface area contributed by atoms with Crippen LogP contribution < -0.4 is 4.90 Å². The van der Waals surface area contributed by atoms with Crippen LogP contribution in [0.15, 0.2) is 25.0 Å². The maximum absolute atomic E-state index is 13.1. The Labute approximate surface area is 154 Å². The van der Waals surface area contributed by atoms with Gasteiger partial charge in [-0.25, -0.2) is 14.6 Å². The molecular formula is C18H27N7O. The summed E-state index contributed by atoms with van der Waals surface area (Å²) in [5, 5.41) is 4.16. The molecule has 8 nitrogen and oxygen atoms in total. The van der Waals surface area contributed by atoms with Gasteiger partial charge in [0.05, 0.1) is 5.69 Å². The third-order valence-electron chi connectivity index (χ3n) is 4.98. The second kappa shape index (κ2) is 7.39. The Balaban J connectivity index is 1.71. The third-order valence-corrected chi connectivity index (χ3v) is 4.98. The molecule has 1 aliphatic heterocycles. The number of rotatable bonds is 5. The molecular weight excluding hydrogens is 330 g/mol. The number of piperidine rings is 1. The van der Waals surface area contributed by atoms with Gasteiger partial charge in [-0.15, -0.1) is 0 Å². The molecule has 8 heteroatoms. The molecule has 140 valence electrons. The van der Waals surface area contributed by atoms with Crippen molar-refractivity contribution in [2.75, 3.05) is 32.1 Å². The predicted molar refractivity (Wildman–Crippen MR) is 98.7 cm³/mol. The van der Waals surface area contributed by atoms with E-state index in [0.29, 0.717) is 5.92 Å². The van der Waals surface area contributed by atoms with Crippen LogP contribution >= 0.6 is 0 Å². The Hall–Kier alpha value is -2.51. The van der Waals surface area contributed by atoms with Crippen LogP contribution in [0.1, 0.15) is 32.4 Å². The van der Waals surface area contributed by atoms with Gasteiger partial charge < -0.3 is 9.80 Å². The van der Waals surface area contributed by atoms with Crippen LogP contribution in [0.5, 0.6) is 0 Å². The second-order valence-corrected chi connectivity index (χ2v) is 7.58. The van der Waals surface area contributed by atoms with Gasteiger partial charge >= 0.3 is 0 Å². The van der Waals surface area contributed by atoms with Crippen LogP contribution in [0, 0.1) is 5.92 Å². The standard InChI is InChI=1S/C18H27N7O/c1-18(2,25-13-19-12-22-25)17(26)24-9-5-6-14(11-24)10-15-16(23(3)4)21-8-7-20-15/h7-8,12-14H,5-6,9-11H2,1-4H3/t14-/m1/s1. The minimum absolute atomic E-state index is 0.0830. The van der Waals surface area contributed by atoms with Gasteiger partial charge in [-0.1, -0.05) is 0 Å². The number of amides is 1. The van der Waals surface area contributed by atoms with Crippen LogP contribution in [-0.4, -0.2) is 62.7 Å². The largest absolute Gasteiger partial charge is 0.361 e. The van der Waals surface area contributed by atoms with Gasteiger partial charge in [0.1, 0.15) is 24.0 Å². The molecule has 3 rings (SSSR count). The Morgan fingerprint density at radius 1 is 1.31 bits per heavy atom.